The molecule has 0 saturated heterocycles. The number of halogens is 3. The number of anilines is 4. The number of rotatable bonds is 8. The van der Waals surface area contributed by atoms with E-state index in [2.05, 4.69) is 20.6 Å². The molecule has 8 nitrogen and oxygen atoms in total. The summed E-state index contributed by atoms with van der Waals surface area (Å²) in [6.07, 6.45) is 1.01. The van der Waals surface area contributed by atoms with Crippen LogP contribution in [0.4, 0.5) is 27.5 Å². The fourth-order valence-corrected chi connectivity index (χ4v) is 2.86. The summed E-state index contributed by atoms with van der Waals surface area (Å²) >= 11 is 12.2. The minimum atomic E-state index is -0.676. The molecular weight excluding hydrogens is 446 g/mol. The van der Waals surface area contributed by atoms with Crippen molar-refractivity contribution in [2.45, 2.75) is 0 Å². The number of nitrogens with one attached hydrogen (secondary N) is 2. The molecule has 0 bridgehead atoms. The molecule has 0 saturated carbocycles. The number of hydrogen-bond acceptors (Lipinski definition) is 8. The third-order valence-electron chi connectivity index (χ3n) is 3.71. The highest BCUT2D eigenvalue weighted by Gasteiger charge is 2.11. The molecule has 1 aromatic heterocycles. The van der Waals surface area contributed by atoms with Gasteiger partial charge in [-0.25, -0.2) is 9.37 Å². The Kier molecular flexibility index (Phi) is 7.28. The molecule has 0 unspecified atom stereocenters. The molecular formula is C20H13Cl2FN6O2. The maximum absolute atomic E-state index is 14.2. The average molecular weight is 459 g/mol. The van der Waals surface area contributed by atoms with Gasteiger partial charge in [-0.1, -0.05) is 23.2 Å². The van der Waals surface area contributed by atoms with Gasteiger partial charge in [-0.05, 0) is 36.4 Å². The van der Waals surface area contributed by atoms with E-state index in [9.17, 15) is 4.39 Å². The first-order valence-corrected chi connectivity index (χ1v) is 9.41. The van der Waals surface area contributed by atoms with E-state index in [1.54, 1.807) is 30.3 Å². The van der Waals surface area contributed by atoms with Gasteiger partial charge in [0.05, 0.1) is 16.2 Å². The summed E-state index contributed by atoms with van der Waals surface area (Å²) in [5.74, 6) is 0.0448. The third-order valence-corrected chi connectivity index (χ3v) is 4.30. The van der Waals surface area contributed by atoms with Gasteiger partial charge in [0.15, 0.2) is 24.8 Å². The van der Waals surface area contributed by atoms with Crippen molar-refractivity contribution in [3.63, 3.8) is 0 Å². The average Bonchev–Trinajstić information content (AvgIpc) is 2.75. The van der Waals surface area contributed by atoms with E-state index >= 15 is 0 Å². The number of benzene rings is 2. The summed E-state index contributed by atoms with van der Waals surface area (Å²) < 4.78 is 24.6. The van der Waals surface area contributed by atoms with Crippen LogP contribution < -0.4 is 20.1 Å². The van der Waals surface area contributed by atoms with Gasteiger partial charge >= 0.3 is 0 Å². The van der Waals surface area contributed by atoms with Gasteiger partial charge in [-0.15, -0.1) is 0 Å². The predicted molar refractivity (Wildman–Crippen MR) is 114 cm³/mol. The van der Waals surface area contributed by atoms with Crippen molar-refractivity contribution < 1.29 is 13.9 Å². The van der Waals surface area contributed by atoms with E-state index in [0.717, 1.165) is 6.20 Å². The van der Waals surface area contributed by atoms with Crippen molar-refractivity contribution in [3.05, 3.63) is 58.5 Å². The lowest BCUT2D eigenvalue weighted by Gasteiger charge is -2.12. The topological polar surface area (TPSA) is 116 Å². The van der Waals surface area contributed by atoms with Gasteiger partial charge in [-0.2, -0.15) is 15.5 Å². The zero-order chi connectivity index (χ0) is 22.2. The van der Waals surface area contributed by atoms with Crippen LogP contribution in [0, 0.1) is 28.5 Å². The van der Waals surface area contributed by atoms with Gasteiger partial charge in [0.2, 0.25) is 5.95 Å². The van der Waals surface area contributed by atoms with Crippen LogP contribution >= 0.6 is 23.2 Å². The SMILES string of the molecule is N#CCOc1ccc(Nc2ncc(F)c(Nc3ccc(OCC#N)c(Cl)c3)n2)cc1Cl. The fourth-order valence-electron chi connectivity index (χ4n) is 2.39. The maximum atomic E-state index is 14.2. The lowest BCUT2D eigenvalue weighted by molar-refractivity contribution is 0.368. The predicted octanol–water partition coefficient (Wildman–Crippen LogP) is 5.21. The molecule has 0 aliphatic carbocycles. The number of aromatic nitrogens is 2. The van der Waals surface area contributed by atoms with Crippen molar-refractivity contribution in [2.75, 3.05) is 23.8 Å². The zero-order valence-electron chi connectivity index (χ0n) is 15.7. The van der Waals surface area contributed by atoms with Crippen LogP contribution in [0.2, 0.25) is 10.0 Å². The van der Waals surface area contributed by atoms with Gasteiger partial charge in [0.25, 0.3) is 0 Å². The smallest absolute Gasteiger partial charge is 0.229 e. The van der Waals surface area contributed by atoms with E-state index in [-0.39, 0.29) is 35.0 Å². The van der Waals surface area contributed by atoms with Crippen LogP contribution in [-0.2, 0) is 0 Å². The van der Waals surface area contributed by atoms with Crippen LogP contribution in [0.25, 0.3) is 0 Å². The van der Waals surface area contributed by atoms with Crippen LogP contribution in [0.5, 0.6) is 11.5 Å². The molecule has 3 rings (SSSR count). The molecule has 0 aliphatic heterocycles. The number of nitrogens with zero attached hydrogens (tertiary/aromatic N) is 4. The first-order chi connectivity index (χ1) is 15.0. The molecule has 1 heterocycles. The Balaban J connectivity index is 1.75. The molecule has 3 aromatic rings. The summed E-state index contributed by atoms with van der Waals surface area (Å²) in [6.45, 7) is -0.268. The molecule has 2 N–H and O–H groups in total. The standard InChI is InChI=1S/C20H13Cl2FN6O2/c21-14-9-12(1-3-17(14)30-7-5-24)27-19-16(23)11-26-20(29-19)28-13-2-4-18(15(22)10-13)31-8-6-25/h1-4,9-11H,7-8H2,(H2,26,27,28,29). The molecule has 0 atom stereocenters. The van der Waals surface area contributed by atoms with Crippen molar-refractivity contribution in [2.24, 2.45) is 0 Å². The minimum absolute atomic E-state index is 0.0840. The van der Waals surface area contributed by atoms with Crippen molar-refractivity contribution in [1.82, 2.24) is 9.97 Å². The summed E-state index contributed by atoms with van der Waals surface area (Å²) in [6, 6.07) is 13.2. The van der Waals surface area contributed by atoms with Crippen LogP contribution in [0.3, 0.4) is 0 Å². The largest absolute Gasteiger partial charge is 0.477 e. The Morgan fingerprint density at radius 1 is 0.903 bits per heavy atom. The highest BCUT2D eigenvalue weighted by Crippen LogP contribution is 2.31. The Bertz CT molecular complexity index is 1180. The van der Waals surface area contributed by atoms with Gasteiger partial charge in [0.1, 0.15) is 23.6 Å². The molecule has 0 aliphatic rings. The van der Waals surface area contributed by atoms with Gasteiger partial charge in [0, 0.05) is 11.4 Å². The molecule has 0 fully saturated rings. The first-order valence-electron chi connectivity index (χ1n) is 8.65. The van der Waals surface area contributed by atoms with Crippen LogP contribution in [0.15, 0.2) is 42.6 Å². The van der Waals surface area contributed by atoms with E-state index in [1.165, 1.54) is 6.07 Å². The van der Waals surface area contributed by atoms with Crippen molar-refractivity contribution in [3.8, 4) is 23.6 Å². The number of nitriles is 2. The number of hydrogen-bond donors (Lipinski definition) is 2. The summed E-state index contributed by atoms with van der Waals surface area (Å²) in [4.78, 5) is 8.03. The maximum Gasteiger partial charge on any atom is 0.229 e. The zero-order valence-corrected chi connectivity index (χ0v) is 17.2. The second-order valence-corrected chi connectivity index (χ2v) is 6.64. The molecule has 0 amide bonds. The van der Waals surface area contributed by atoms with Crippen LogP contribution in [-0.4, -0.2) is 23.2 Å². The Hall–Kier alpha value is -3.79. The molecule has 0 radical (unpaired) electrons. The molecule has 0 spiro atoms. The highest BCUT2D eigenvalue weighted by molar-refractivity contribution is 6.32. The van der Waals surface area contributed by atoms with E-state index in [4.69, 9.17) is 43.2 Å². The second kappa shape index (κ2) is 10.3. The summed E-state index contributed by atoms with van der Waals surface area (Å²) in [5, 5.41) is 23.4. The number of ether oxygens (including phenoxy) is 2. The molecule has 11 heteroatoms. The molecule has 156 valence electrons. The van der Waals surface area contributed by atoms with Crippen molar-refractivity contribution >= 4 is 46.3 Å². The molecule has 31 heavy (non-hydrogen) atoms. The van der Waals surface area contributed by atoms with Crippen LogP contribution in [0.1, 0.15) is 0 Å². The minimum Gasteiger partial charge on any atom is -0.477 e. The fraction of sp³-hybridized carbons (Fsp3) is 0.100. The first kappa shape index (κ1) is 21.9. The van der Waals surface area contributed by atoms with Gasteiger partial charge in [-0.3, -0.25) is 0 Å². The van der Waals surface area contributed by atoms with E-state index in [0.29, 0.717) is 22.9 Å². The second-order valence-electron chi connectivity index (χ2n) is 5.82. The molecule has 2 aromatic carbocycles. The third kappa shape index (κ3) is 5.86. The summed E-state index contributed by atoms with van der Waals surface area (Å²) in [5.41, 5.74) is 0.994. The Morgan fingerprint density at radius 2 is 1.45 bits per heavy atom. The Morgan fingerprint density at radius 3 is 1.97 bits per heavy atom. The highest BCUT2D eigenvalue weighted by atomic mass is 35.5. The quantitative estimate of drug-likeness (QED) is 0.472. The lowest BCUT2D eigenvalue weighted by atomic mass is 10.3. The monoisotopic (exact) mass is 458 g/mol. The van der Waals surface area contributed by atoms with E-state index < -0.39 is 5.82 Å². The normalized spacial score (nSPS) is 9.97. The Labute approximate surface area is 186 Å². The van der Waals surface area contributed by atoms with E-state index in [1.807, 2.05) is 12.1 Å². The lowest BCUT2D eigenvalue weighted by Crippen LogP contribution is -2.04. The van der Waals surface area contributed by atoms with Crippen molar-refractivity contribution in [1.29, 1.82) is 10.5 Å². The van der Waals surface area contributed by atoms with Gasteiger partial charge < -0.3 is 20.1 Å². The summed E-state index contributed by atoms with van der Waals surface area (Å²) in [7, 11) is 0.